The average molecular weight is 689 g/mol. The van der Waals surface area contributed by atoms with Gasteiger partial charge >= 0.3 is 25.7 Å². The fraction of sp³-hybridized carbons (Fsp3) is 0.120. The number of benzene rings is 3. The van der Waals surface area contributed by atoms with E-state index >= 15 is 0 Å². The fourth-order valence-corrected chi connectivity index (χ4v) is 4.25. The summed E-state index contributed by atoms with van der Waals surface area (Å²) in [6.45, 7) is 0. The summed E-state index contributed by atoms with van der Waals surface area (Å²) in [5.41, 5.74) is 2.82. The molecule has 0 fully saturated rings. The van der Waals surface area contributed by atoms with Gasteiger partial charge in [0.05, 0.1) is 30.9 Å². The predicted molar refractivity (Wildman–Crippen MR) is 130 cm³/mol. The molecule has 0 aliphatic carbocycles. The number of carbonyl (C=O) groups excluding carboxylic acids is 2. The molecule has 0 spiro atoms. The summed E-state index contributed by atoms with van der Waals surface area (Å²) in [7, 11) is -0.913. The first-order valence-corrected chi connectivity index (χ1v) is 12.1. The second kappa shape index (κ2) is 13.4. The molecule has 192 valence electrons. The Bertz CT molecular complexity index is 1350. The van der Waals surface area contributed by atoms with Crippen molar-refractivity contribution in [2.75, 3.05) is 26.2 Å². The van der Waals surface area contributed by atoms with Crippen molar-refractivity contribution in [3.8, 4) is 5.75 Å². The third kappa shape index (κ3) is 6.99. The zero-order chi connectivity index (χ0) is 26.0. The van der Waals surface area contributed by atoms with Crippen LogP contribution in [-0.4, -0.2) is 43.0 Å². The molecule has 2 radical (unpaired) electrons. The largest absolute Gasteiger partial charge is 0.527 e. The number of para-hydroxylation sites is 2. The number of phosphoric acid groups is 1. The van der Waals surface area contributed by atoms with E-state index in [0.29, 0.717) is 11.1 Å². The molecule has 4 rings (SSSR count). The number of nitrogens with zero attached hydrogens (tertiary/aromatic N) is 1. The van der Waals surface area contributed by atoms with Crippen molar-refractivity contribution in [2.45, 2.75) is 0 Å². The molecule has 0 atom stereocenters. The van der Waals surface area contributed by atoms with E-state index < -0.39 is 25.7 Å². The first kappa shape index (κ1) is 32.3. The first-order chi connectivity index (χ1) is 17.1. The van der Waals surface area contributed by atoms with Gasteiger partial charge in [-0.15, -0.1) is 0 Å². The van der Waals surface area contributed by atoms with Gasteiger partial charge in [0, 0.05) is 95.0 Å². The van der Waals surface area contributed by atoms with Crippen LogP contribution < -0.4 is 9.64 Å². The monoisotopic (exact) mass is 689 g/mol. The second-order valence-electron chi connectivity index (χ2n) is 7.67. The van der Waals surface area contributed by atoms with Crippen LogP contribution in [0.5, 0.6) is 5.75 Å². The van der Waals surface area contributed by atoms with E-state index in [2.05, 4.69) is 0 Å². The van der Waals surface area contributed by atoms with Gasteiger partial charge in [0.25, 0.3) is 0 Å². The van der Waals surface area contributed by atoms with E-state index in [1.807, 2.05) is 36.2 Å². The minimum atomic E-state index is -5.12. The van der Waals surface area contributed by atoms with E-state index in [1.54, 1.807) is 24.3 Å². The van der Waals surface area contributed by atoms with Gasteiger partial charge in [-0.3, -0.25) is 9.79 Å². The molecule has 0 saturated carbocycles. The van der Waals surface area contributed by atoms with Gasteiger partial charge in [-0.25, -0.2) is 14.2 Å². The summed E-state index contributed by atoms with van der Waals surface area (Å²) in [6.07, 6.45) is 0. The van der Waals surface area contributed by atoms with Crippen molar-refractivity contribution in [2.24, 2.45) is 0 Å². The molecule has 3 aromatic carbocycles. The maximum absolute atomic E-state index is 12.2. The van der Waals surface area contributed by atoms with Crippen LogP contribution in [0.3, 0.4) is 0 Å². The van der Waals surface area contributed by atoms with Crippen molar-refractivity contribution in [1.29, 1.82) is 0 Å². The number of ether oxygens (including phenoxy) is 3. The van der Waals surface area contributed by atoms with Crippen LogP contribution >= 0.6 is 7.82 Å². The standard InChI is InChI=1S/C25H22NO9P.2Y/c1-26-20-10-6-4-8-18(20)22(19-9-5-7-11-21(19)26)25(35-36(29,30)31)34-17-13-15(23(27)32-2)12-16(14-17)24(28)33-3;;/h4-14H,1-3H3,(H2,29,30,31);;. The van der Waals surface area contributed by atoms with E-state index in [9.17, 15) is 23.9 Å². The maximum atomic E-state index is 12.2. The summed E-state index contributed by atoms with van der Waals surface area (Å²) < 4.78 is 32.4. The quantitative estimate of drug-likeness (QED) is 0.220. The molecule has 1 aliphatic heterocycles. The Morgan fingerprint density at radius 1 is 0.789 bits per heavy atom. The van der Waals surface area contributed by atoms with Crippen LogP contribution in [0.15, 0.2) is 72.7 Å². The minimum Gasteiger partial charge on any atom is -0.465 e. The van der Waals surface area contributed by atoms with Crippen LogP contribution in [0.4, 0.5) is 11.4 Å². The first-order valence-electron chi connectivity index (χ1n) is 10.5. The number of anilines is 2. The van der Waals surface area contributed by atoms with Crippen molar-refractivity contribution < 1.29 is 108 Å². The number of phosphoric ester groups is 1. The molecule has 0 bridgehead atoms. The van der Waals surface area contributed by atoms with Crippen LogP contribution in [0, 0.1) is 0 Å². The molecule has 0 unspecified atom stereocenters. The third-order valence-corrected chi connectivity index (χ3v) is 5.84. The molecule has 0 aromatic heterocycles. The van der Waals surface area contributed by atoms with Gasteiger partial charge in [0.2, 0.25) is 0 Å². The number of hydrogen-bond donors (Lipinski definition) is 2. The summed E-state index contributed by atoms with van der Waals surface area (Å²) in [4.78, 5) is 45.8. The van der Waals surface area contributed by atoms with Gasteiger partial charge in [0.15, 0.2) is 0 Å². The average Bonchev–Trinajstić information content (AvgIpc) is 2.86. The smallest absolute Gasteiger partial charge is 0.465 e. The minimum absolute atomic E-state index is 0. The molecule has 2 N–H and O–H groups in total. The van der Waals surface area contributed by atoms with Crippen LogP contribution in [-0.2, 0) is 84.0 Å². The Labute approximate surface area is 269 Å². The Morgan fingerprint density at radius 3 is 1.66 bits per heavy atom. The Kier molecular flexibility index (Phi) is 11.4. The molecule has 3 aromatic rings. The predicted octanol–water partition coefficient (Wildman–Crippen LogP) is 4.24. The molecule has 1 heterocycles. The molecule has 0 amide bonds. The molecule has 0 saturated heterocycles. The Balaban J connectivity index is 0.00000253. The van der Waals surface area contributed by atoms with Crippen molar-refractivity contribution in [3.63, 3.8) is 0 Å². The fourth-order valence-electron chi connectivity index (χ4n) is 3.91. The molecular weight excluding hydrogens is 667 g/mol. The molecule has 1 aliphatic rings. The molecule has 13 heteroatoms. The molecular formula is C25H22NO9PY2. The topological polar surface area (TPSA) is 132 Å². The molecule has 38 heavy (non-hydrogen) atoms. The van der Waals surface area contributed by atoms with Gasteiger partial charge in [0.1, 0.15) is 5.75 Å². The Morgan fingerprint density at radius 2 is 1.24 bits per heavy atom. The summed E-state index contributed by atoms with van der Waals surface area (Å²) in [5.74, 6) is -2.14. The van der Waals surface area contributed by atoms with Crippen molar-refractivity contribution in [1.82, 2.24) is 0 Å². The SMILES string of the molecule is COC(=O)c1cc(OC(OP(=O)(O)O)=C2c3ccccc3N(C)c3ccccc32)cc(C(=O)OC)c1.[Y].[Y]. The normalized spacial score (nSPS) is 11.6. The van der Waals surface area contributed by atoms with Gasteiger partial charge in [-0.1, -0.05) is 36.4 Å². The Hall–Kier alpha value is -1.90. The van der Waals surface area contributed by atoms with Crippen molar-refractivity contribution in [3.05, 3.63) is 94.9 Å². The van der Waals surface area contributed by atoms with E-state index in [0.717, 1.165) is 11.4 Å². The number of methoxy groups -OCH3 is 2. The van der Waals surface area contributed by atoms with E-state index in [-0.39, 0.29) is 87.9 Å². The van der Waals surface area contributed by atoms with Crippen LogP contribution in [0.25, 0.3) is 5.57 Å². The zero-order valence-corrected chi connectivity index (χ0v) is 27.2. The number of carbonyl (C=O) groups is 2. The van der Waals surface area contributed by atoms with Crippen molar-refractivity contribution >= 4 is 36.7 Å². The zero-order valence-electron chi connectivity index (χ0n) is 20.7. The maximum Gasteiger partial charge on any atom is 0.527 e. The van der Waals surface area contributed by atoms with Crippen LogP contribution in [0.1, 0.15) is 31.8 Å². The summed E-state index contributed by atoms with van der Waals surface area (Å²) in [5, 5.41) is 0. The van der Waals surface area contributed by atoms with E-state index in [1.165, 1.54) is 32.4 Å². The summed E-state index contributed by atoms with van der Waals surface area (Å²) in [6, 6.07) is 18.2. The number of esters is 2. The number of fused-ring (bicyclic) bond motifs is 2. The van der Waals surface area contributed by atoms with Gasteiger partial charge in [-0.2, -0.15) is 0 Å². The van der Waals surface area contributed by atoms with Gasteiger partial charge in [-0.05, 0) is 30.3 Å². The van der Waals surface area contributed by atoms with E-state index in [4.69, 9.17) is 18.7 Å². The third-order valence-electron chi connectivity index (χ3n) is 5.43. The van der Waals surface area contributed by atoms with Crippen LogP contribution in [0.2, 0.25) is 0 Å². The number of hydrogen-bond acceptors (Lipinski definition) is 8. The van der Waals surface area contributed by atoms with Gasteiger partial charge < -0.3 is 23.6 Å². The second-order valence-corrected chi connectivity index (χ2v) is 8.83. The molecule has 10 nitrogen and oxygen atoms in total. The number of rotatable bonds is 6. The summed E-state index contributed by atoms with van der Waals surface area (Å²) >= 11 is 0.